The molecule has 1 heterocycles. The van der Waals surface area contributed by atoms with Crippen LogP contribution in [0.3, 0.4) is 0 Å². The van der Waals surface area contributed by atoms with Crippen LogP contribution in [0.2, 0.25) is 5.02 Å². The molecule has 18 heavy (non-hydrogen) atoms. The molecule has 0 spiro atoms. The summed E-state index contributed by atoms with van der Waals surface area (Å²) in [5.74, 6) is 0.514. The van der Waals surface area contributed by atoms with Gasteiger partial charge >= 0.3 is 0 Å². The van der Waals surface area contributed by atoms with Gasteiger partial charge < -0.3 is 19.9 Å². The van der Waals surface area contributed by atoms with Gasteiger partial charge in [0.2, 0.25) is 5.88 Å². The molecule has 0 saturated heterocycles. The number of pyridine rings is 1. The second-order valence-corrected chi connectivity index (χ2v) is 4.03. The molecule has 5 nitrogen and oxygen atoms in total. The van der Waals surface area contributed by atoms with Crippen molar-refractivity contribution in [3.63, 3.8) is 0 Å². The number of hydrogen-bond acceptors (Lipinski definition) is 5. The quantitative estimate of drug-likeness (QED) is 0.693. The van der Waals surface area contributed by atoms with E-state index in [2.05, 4.69) is 4.98 Å². The lowest BCUT2D eigenvalue weighted by Gasteiger charge is -2.08. The molecule has 102 valence electrons. The van der Waals surface area contributed by atoms with E-state index in [9.17, 15) is 0 Å². The maximum absolute atomic E-state index is 5.89. The van der Waals surface area contributed by atoms with Crippen molar-refractivity contribution < 1.29 is 14.2 Å². The number of rotatable bonds is 9. The number of ether oxygens (including phenoxy) is 3. The molecule has 0 atom stereocenters. The highest BCUT2D eigenvalue weighted by atomic mass is 35.5. The predicted molar refractivity (Wildman–Crippen MR) is 69.9 cm³/mol. The Bertz CT molecular complexity index is 350. The number of aromatic nitrogens is 1. The highest BCUT2D eigenvalue weighted by Gasteiger charge is 2.02. The number of halogens is 1. The summed E-state index contributed by atoms with van der Waals surface area (Å²) in [5, 5.41) is 0.556. The molecule has 0 fully saturated rings. The lowest BCUT2D eigenvalue weighted by Crippen LogP contribution is -2.09. The first-order valence-corrected chi connectivity index (χ1v) is 6.19. The van der Waals surface area contributed by atoms with Crippen molar-refractivity contribution in [2.75, 3.05) is 33.5 Å². The highest BCUT2D eigenvalue weighted by molar-refractivity contribution is 6.31. The smallest absolute Gasteiger partial charge is 0.213 e. The Kier molecular flexibility index (Phi) is 7.68. The van der Waals surface area contributed by atoms with Gasteiger partial charge in [-0.1, -0.05) is 11.6 Å². The Balaban J connectivity index is 2.19. The second kappa shape index (κ2) is 9.10. The van der Waals surface area contributed by atoms with Gasteiger partial charge in [-0.2, -0.15) is 0 Å². The van der Waals surface area contributed by atoms with Crippen molar-refractivity contribution >= 4 is 11.6 Å². The molecule has 0 amide bonds. The third-order valence-corrected chi connectivity index (χ3v) is 2.58. The van der Waals surface area contributed by atoms with Crippen LogP contribution in [-0.2, 0) is 16.0 Å². The first-order valence-electron chi connectivity index (χ1n) is 5.82. The molecule has 0 aliphatic carbocycles. The SMILES string of the molecule is COCCCOCCOc1cc(CN)c(Cl)cn1. The van der Waals surface area contributed by atoms with Crippen molar-refractivity contribution in [1.82, 2.24) is 4.98 Å². The summed E-state index contributed by atoms with van der Waals surface area (Å²) in [5.41, 5.74) is 6.36. The van der Waals surface area contributed by atoms with E-state index >= 15 is 0 Å². The van der Waals surface area contributed by atoms with E-state index < -0.39 is 0 Å². The molecule has 0 bridgehead atoms. The number of methoxy groups -OCH3 is 1. The zero-order valence-corrected chi connectivity index (χ0v) is 11.3. The third kappa shape index (κ3) is 5.64. The van der Waals surface area contributed by atoms with Crippen LogP contribution >= 0.6 is 11.6 Å². The number of hydrogen-bond donors (Lipinski definition) is 1. The Labute approximate surface area is 112 Å². The van der Waals surface area contributed by atoms with Gasteiger partial charge in [-0.15, -0.1) is 0 Å². The second-order valence-electron chi connectivity index (χ2n) is 3.63. The van der Waals surface area contributed by atoms with Crippen molar-refractivity contribution in [2.45, 2.75) is 13.0 Å². The minimum absolute atomic E-state index is 0.366. The van der Waals surface area contributed by atoms with Gasteiger partial charge in [-0.25, -0.2) is 4.98 Å². The summed E-state index contributed by atoms with van der Waals surface area (Å²) in [4.78, 5) is 4.05. The monoisotopic (exact) mass is 274 g/mol. The van der Waals surface area contributed by atoms with E-state index in [1.807, 2.05) is 0 Å². The minimum atomic E-state index is 0.366. The maximum atomic E-state index is 5.89. The first-order chi connectivity index (χ1) is 8.77. The Morgan fingerprint density at radius 1 is 1.28 bits per heavy atom. The first kappa shape index (κ1) is 15.2. The molecule has 0 unspecified atom stereocenters. The normalized spacial score (nSPS) is 10.6. The largest absolute Gasteiger partial charge is 0.475 e. The van der Waals surface area contributed by atoms with Crippen LogP contribution in [0.1, 0.15) is 12.0 Å². The van der Waals surface area contributed by atoms with Gasteiger partial charge in [0.15, 0.2) is 0 Å². The van der Waals surface area contributed by atoms with Crippen LogP contribution in [0.15, 0.2) is 12.3 Å². The van der Waals surface area contributed by atoms with Crippen LogP contribution in [0.5, 0.6) is 5.88 Å². The fraction of sp³-hybridized carbons (Fsp3) is 0.583. The average Bonchev–Trinajstić information content (AvgIpc) is 2.39. The molecule has 1 aromatic rings. The van der Waals surface area contributed by atoms with Crippen LogP contribution in [0, 0.1) is 0 Å². The Morgan fingerprint density at radius 2 is 2.11 bits per heavy atom. The van der Waals surface area contributed by atoms with Gasteiger partial charge in [0.25, 0.3) is 0 Å². The van der Waals surface area contributed by atoms with Crippen molar-refractivity contribution in [3.05, 3.63) is 22.8 Å². The zero-order valence-electron chi connectivity index (χ0n) is 10.5. The lowest BCUT2D eigenvalue weighted by atomic mass is 10.3. The molecule has 0 radical (unpaired) electrons. The number of nitrogens with zero attached hydrogens (tertiary/aromatic N) is 1. The summed E-state index contributed by atoms with van der Waals surface area (Å²) >= 11 is 5.89. The molecule has 0 aromatic carbocycles. The molecule has 1 rings (SSSR count). The molecule has 6 heteroatoms. The van der Waals surface area contributed by atoms with E-state index in [0.29, 0.717) is 43.9 Å². The highest BCUT2D eigenvalue weighted by Crippen LogP contribution is 2.18. The van der Waals surface area contributed by atoms with Crippen molar-refractivity contribution in [1.29, 1.82) is 0 Å². The van der Waals surface area contributed by atoms with E-state index in [4.69, 9.17) is 31.5 Å². The summed E-state index contributed by atoms with van der Waals surface area (Å²) in [7, 11) is 1.67. The number of nitrogens with two attached hydrogens (primary N) is 1. The molecule has 2 N–H and O–H groups in total. The zero-order chi connectivity index (χ0) is 13.2. The lowest BCUT2D eigenvalue weighted by molar-refractivity contribution is 0.0795. The van der Waals surface area contributed by atoms with E-state index in [1.165, 1.54) is 0 Å². The summed E-state index contributed by atoms with van der Waals surface area (Å²) in [6.07, 6.45) is 2.42. The fourth-order valence-corrected chi connectivity index (χ4v) is 1.49. The van der Waals surface area contributed by atoms with Crippen LogP contribution in [-0.4, -0.2) is 38.5 Å². The molecular weight excluding hydrogens is 256 g/mol. The summed E-state index contributed by atoms with van der Waals surface area (Å²) in [6, 6.07) is 1.74. The van der Waals surface area contributed by atoms with Crippen molar-refractivity contribution in [3.8, 4) is 5.88 Å². The van der Waals surface area contributed by atoms with E-state index in [0.717, 1.165) is 12.0 Å². The van der Waals surface area contributed by atoms with Gasteiger partial charge in [-0.3, -0.25) is 0 Å². The third-order valence-electron chi connectivity index (χ3n) is 2.24. The van der Waals surface area contributed by atoms with Gasteiger partial charge in [0.05, 0.1) is 11.6 Å². The van der Waals surface area contributed by atoms with Crippen LogP contribution in [0.25, 0.3) is 0 Å². The van der Waals surface area contributed by atoms with Gasteiger partial charge in [-0.05, 0) is 12.0 Å². The Hall–Kier alpha value is -0.880. The maximum Gasteiger partial charge on any atom is 0.213 e. The average molecular weight is 275 g/mol. The molecule has 0 aliphatic rings. The topological polar surface area (TPSA) is 66.6 Å². The minimum Gasteiger partial charge on any atom is -0.475 e. The van der Waals surface area contributed by atoms with Crippen LogP contribution < -0.4 is 10.5 Å². The Morgan fingerprint density at radius 3 is 2.83 bits per heavy atom. The van der Waals surface area contributed by atoms with Crippen LogP contribution in [0.4, 0.5) is 0 Å². The molecule has 0 aliphatic heterocycles. The van der Waals surface area contributed by atoms with E-state index in [-0.39, 0.29) is 0 Å². The molecule has 0 saturated carbocycles. The fourth-order valence-electron chi connectivity index (χ4n) is 1.31. The van der Waals surface area contributed by atoms with E-state index in [1.54, 1.807) is 19.4 Å². The standard InChI is InChI=1S/C12H19ClN2O3/c1-16-3-2-4-17-5-6-18-12-7-10(8-14)11(13)9-15-12/h7,9H,2-6,8,14H2,1H3. The summed E-state index contributed by atoms with van der Waals surface area (Å²) < 4.78 is 15.7. The molecule has 1 aromatic heterocycles. The summed E-state index contributed by atoms with van der Waals surface area (Å²) in [6.45, 7) is 2.71. The van der Waals surface area contributed by atoms with Gasteiger partial charge in [0.1, 0.15) is 6.61 Å². The predicted octanol–water partition coefficient (Wildman–Crippen LogP) is 1.63. The molecular formula is C12H19ClN2O3. The van der Waals surface area contributed by atoms with Gasteiger partial charge in [0, 0.05) is 39.1 Å². The van der Waals surface area contributed by atoms with Crippen molar-refractivity contribution in [2.24, 2.45) is 5.73 Å².